The van der Waals surface area contributed by atoms with Gasteiger partial charge in [0.25, 0.3) is 11.5 Å². The number of para-hydroxylation sites is 1. The van der Waals surface area contributed by atoms with Gasteiger partial charge in [-0.3, -0.25) is 14.0 Å². The number of ether oxygens (including phenoxy) is 1. The zero-order valence-corrected chi connectivity index (χ0v) is 15.7. The highest BCUT2D eigenvalue weighted by atomic mass is 32.1. The van der Waals surface area contributed by atoms with Crippen LogP contribution in [0.3, 0.4) is 0 Å². The van der Waals surface area contributed by atoms with E-state index in [4.69, 9.17) is 4.74 Å². The van der Waals surface area contributed by atoms with Crippen LogP contribution in [-0.4, -0.2) is 15.3 Å². The van der Waals surface area contributed by atoms with Gasteiger partial charge in [0.1, 0.15) is 12.4 Å². The first-order chi connectivity index (χ1) is 13.7. The van der Waals surface area contributed by atoms with Crippen LogP contribution in [0.15, 0.2) is 77.0 Å². The molecule has 0 fully saturated rings. The molecule has 0 radical (unpaired) electrons. The van der Waals surface area contributed by atoms with E-state index in [2.05, 4.69) is 10.3 Å². The van der Waals surface area contributed by atoms with Gasteiger partial charge >= 0.3 is 0 Å². The molecule has 6 nitrogen and oxygen atoms in total. The molecule has 4 aromatic rings. The number of hydrogen-bond donors (Lipinski definition) is 1. The van der Waals surface area contributed by atoms with Crippen molar-refractivity contribution in [2.45, 2.75) is 13.2 Å². The minimum atomic E-state index is -0.221. The van der Waals surface area contributed by atoms with Gasteiger partial charge in [-0.1, -0.05) is 42.5 Å². The molecule has 28 heavy (non-hydrogen) atoms. The fourth-order valence-corrected chi connectivity index (χ4v) is 3.51. The Morgan fingerprint density at radius 3 is 2.75 bits per heavy atom. The average molecular weight is 391 g/mol. The van der Waals surface area contributed by atoms with Crippen molar-refractivity contribution in [2.75, 3.05) is 0 Å². The number of hydrogen-bond acceptors (Lipinski definition) is 5. The second kappa shape index (κ2) is 8.06. The summed E-state index contributed by atoms with van der Waals surface area (Å²) in [6.45, 7) is 0.536. The molecule has 0 aliphatic carbocycles. The first kappa shape index (κ1) is 17.9. The topological polar surface area (TPSA) is 72.7 Å². The lowest BCUT2D eigenvalue weighted by Crippen LogP contribution is -2.23. The maximum Gasteiger partial charge on any atom is 0.258 e. The second-order valence-corrected chi connectivity index (χ2v) is 6.97. The van der Waals surface area contributed by atoms with E-state index >= 15 is 0 Å². The summed E-state index contributed by atoms with van der Waals surface area (Å²) in [6.07, 6.45) is 1.69. The predicted molar refractivity (Wildman–Crippen MR) is 108 cm³/mol. The van der Waals surface area contributed by atoms with Gasteiger partial charge in [-0.05, 0) is 17.7 Å². The van der Waals surface area contributed by atoms with Gasteiger partial charge in [-0.25, -0.2) is 4.98 Å². The Morgan fingerprint density at radius 1 is 1.11 bits per heavy atom. The van der Waals surface area contributed by atoms with E-state index in [1.54, 1.807) is 35.8 Å². The van der Waals surface area contributed by atoms with Crippen molar-refractivity contribution in [2.24, 2.45) is 0 Å². The molecule has 0 saturated heterocycles. The van der Waals surface area contributed by atoms with Gasteiger partial charge in [0, 0.05) is 24.2 Å². The molecule has 0 atom stereocenters. The Kier molecular flexibility index (Phi) is 5.16. The normalized spacial score (nSPS) is 10.7. The molecule has 0 aliphatic heterocycles. The molecule has 140 valence electrons. The largest absolute Gasteiger partial charge is 0.486 e. The maximum atomic E-state index is 12.6. The summed E-state index contributed by atoms with van der Waals surface area (Å²) < 4.78 is 7.30. The highest BCUT2D eigenvalue weighted by Crippen LogP contribution is 2.19. The zero-order valence-electron chi connectivity index (χ0n) is 14.9. The standard InChI is InChI=1S/C21H17N3O3S/c25-19-12-16(23-21-24(19)10-11-28-21)14-27-18-9-5-4-8-17(18)20(26)22-13-15-6-2-1-3-7-15/h1-12H,13-14H2,(H,22,26). The lowest BCUT2D eigenvalue weighted by atomic mass is 10.1. The third kappa shape index (κ3) is 3.94. The van der Waals surface area contributed by atoms with Crippen molar-refractivity contribution in [3.63, 3.8) is 0 Å². The van der Waals surface area contributed by atoms with E-state index in [9.17, 15) is 9.59 Å². The van der Waals surface area contributed by atoms with Crippen LogP contribution in [0.5, 0.6) is 5.75 Å². The van der Waals surface area contributed by atoms with Crippen LogP contribution in [0.2, 0.25) is 0 Å². The molecule has 0 spiro atoms. The molecule has 2 aromatic heterocycles. The summed E-state index contributed by atoms with van der Waals surface area (Å²) in [5.74, 6) is 0.224. The molecule has 0 saturated carbocycles. The molecule has 1 N–H and O–H groups in total. The van der Waals surface area contributed by atoms with Crippen molar-refractivity contribution in [3.8, 4) is 5.75 Å². The Hall–Kier alpha value is -3.45. The number of nitrogens with zero attached hydrogens (tertiary/aromatic N) is 2. The molecule has 1 amide bonds. The van der Waals surface area contributed by atoms with E-state index in [-0.39, 0.29) is 18.1 Å². The van der Waals surface area contributed by atoms with Gasteiger partial charge in [-0.2, -0.15) is 0 Å². The third-order valence-corrected chi connectivity index (χ3v) is 4.92. The van der Waals surface area contributed by atoms with Crippen LogP contribution < -0.4 is 15.6 Å². The SMILES string of the molecule is O=C(NCc1ccccc1)c1ccccc1OCc1cc(=O)n2ccsc2n1. The van der Waals surface area contributed by atoms with Crippen molar-refractivity contribution in [1.29, 1.82) is 0 Å². The van der Waals surface area contributed by atoms with Gasteiger partial charge < -0.3 is 10.1 Å². The number of fused-ring (bicyclic) bond motifs is 1. The molecule has 2 aromatic carbocycles. The lowest BCUT2D eigenvalue weighted by Gasteiger charge is -2.11. The van der Waals surface area contributed by atoms with E-state index in [0.717, 1.165) is 5.56 Å². The Balaban J connectivity index is 1.47. The summed E-state index contributed by atoms with van der Waals surface area (Å²) in [7, 11) is 0. The maximum absolute atomic E-state index is 12.6. The van der Waals surface area contributed by atoms with E-state index in [1.165, 1.54) is 21.8 Å². The number of carbonyl (C=O) groups is 1. The number of carbonyl (C=O) groups excluding carboxylic acids is 1. The molecule has 0 aliphatic rings. The number of amides is 1. The van der Waals surface area contributed by atoms with E-state index in [0.29, 0.717) is 28.5 Å². The van der Waals surface area contributed by atoms with E-state index in [1.807, 2.05) is 30.3 Å². The van der Waals surface area contributed by atoms with Gasteiger partial charge in [0.05, 0.1) is 11.3 Å². The van der Waals surface area contributed by atoms with Crippen LogP contribution in [0.1, 0.15) is 21.6 Å². The minimum absolute atomic E-state index is 0.104. The summed E-state index contributed by atoms with van der Waals surface area (Å²) in [5, 5.41) is 4.70. The van der Waals surface area contributed by atoms with E-state index < -0.39 is 0 Å². The number of nitrogens with one attached hydrogen (secondary N) is 1. The third-order valence-electron chi connectivity index (χ3n) is 4.16. The zero-order chi connectivity index (χ0) is 19.3. The molecule has 7 heteroatoms. The lowest BCUT2D eigenvalue weighted by molar-refractivity contribution is 0.0946. The molecule has 0 bridgehead atoms. The Morgan fingerprint density at radius 2 is 1.89 bits per heavy atom. The summed E-state index contributed by atoms with van der Waals surface area (Å²) in [5.41, 5.74) is 1.82. The van der Waals surface area contributed by atoms with Crippen molar-refractivity contribution >= 4 is 22.2 Å². The highest BCUT2D eigenvalue weighted by Gasteiger charge is 2.13. The van der Waals surface area contributed by atoms with Crippen molar-refractivity contribution in [3.05, 3.63) is 99.4 Å². The number of rotatable bonds is 6. The van der Waals surface area contributed by atoms with Gasteiger partial charge in [0.2, 0.25) is 0 Å². The monoisotopic (exact) mass is 391 g/mol. The summed E-state index contributed by atoms with van der Waals surface area (Å²) >= 11 is 1.38. The van der Waals surface area contributed by atoms with Crippen LogP contribution in [0, 0.1) is 0 Å². The first-order valence-corrected chi connectivity index (χ1v) is 9.58. The number of benzene rings is 2. The van der Waals surface area contributed by atoms with Crippen LogP contribution >= 0.6 is 11.3 Å². The molecular weight excluding hydrogens is 374 g/mol. The quantitative estimate of drug-likeness (QED) is 0.548. The van der Waals surface area contributed by atoms with Crippen LogP contribution in [-0.2, 0) is 13.2 Å². The fraction of sp³-hybridized carbons (Fsp3) is 0.0952. The van der Waals surface area contributed by atoms with Gasteiger partial charge in [0.15, 0.2) is 4.96 Å². The molecule has 4 rings (SSSR count). The minimum Gasteiger partial charge on any atom is -0.486 e. The fourth-order valence-electron chi connectivity index (χ4n) is 2.77. The average Bonchev–Trinajstić information content (AvgIpc) is 3.21. The summed E-state index contributed by atoms with van der Waals surface area (Å²) in [6, 6.07) is 18.2. The smallest absolute Gasteiger partial charge is 0.258 e. The molecule has 0 unspecified atom stereocenters. The van der Waals surface area contributed by atoms with Gasteiger partial charge in [-0.15, -0.1) is 11.3 Å². The summed E-state index contributed by atoms with van der Waals surface area (Å²) in [4.78, 5) is 29.7. The Bertz CT molecular complexity index is 1170. The number of aromatic nitrogens is 2. The highest BCUT2D eigenvalue weighted by molar-refractivity contribution is 7.15. The molecular formula is C21H17N3O3S. The van der Waals surface area contributed by atoms with Crippen LogP contribution in [0.4, 0.5) is 0 Å². The van der Waals surface area contributed by atoms with Crippen LogP contribution in [0.25, 0.3) is 4.96 Å². The first-order valence-electron chi connectivity index (χ1n) is 8.70. The second-order valence-electron chi connectivity index (χ2n) is 6.09. The number of thiazole rings is 1. The predicted octanol–water partition coefficient (Wildman–Crippen LogP) is 3.27. The Labute approximate surface area is 165 Å². The molecule has 2 heterocycles. The van der Waals surface area contributed by atoms with Crippen molar-refractivity contribution in [1.82, 2.24) is 14.7 Å². The van der Waals surface area contributed by atoms with Crippen molar-refractivity contribution < 1.29 is 9.53 Å².